The zero-order valence-electron chi connectivity index (χ0n) is 11.8. The molecule has 0 saturated heterocycles. The van der Waals surface area contributed by atoms with Gasteiger partial charge in [-0.1, -0.05) is 18.2 Å². The van der Waals surface area contributed by atoms with Crippen molar-refractivity contribution >= 4 is 22.8 Å². The largest absolute Gasteiger partial charge is 0.384 e. The zero-order chi connectivity index (χ0) is 14.1. The normalized spacial score (nSPS) is 16.8. The van der Waals surface area contributed by atoms with E-state index in [1.54, 1.807) is 11.3 Å². The number of nitrogens with one attached hydrogen (secondary N) is 1. The van der Waals surface area contributed by atoms with Crippen LogP contribution in [0.15, 0.2) is 24.3 Å². The Balaban J connectivity index is 1.65. The van der Waals surface area contributed by atoms with E-state index in [1.807, 2.05) is 19.1 Å². The van der Waals surface area contributed by atoms with Crippen molar-refractivity contribution < 1.29 is 4.79 Å². The second kappa shape index (κ2) is 5.37. The highest BCUT2D eigenvalue weighted by atomic mass is 32.1. The molecule has 0 aliphatic carbocycles. The van der Waals surface area contributed by atoms with Gasteiger partial charge in [0.1, 0.15) is 10.8 Å². The fraction of sp³-hybridized carbons (Fsp3) is 0.375. The molecular formula is C16H18N2OS. The van der Waals surface area contributed by atoms with Gasteiger partial charge in [0, 0.05) is 29.4 Å². The van der Waals surface area contributed by atoms with E-state index in [1.165, 1.54) is 16.1 Å². The Morgan fingerprint density at radius 2 is 2.20 bits per heavy atom. The van der Waals surface area contributed by atoms with E-state index in [0.717, 1.165) is 17.2 Å². The third-order valence-corrected chi connectivity index (χ3v) is 4.91. The van der Waals surface area contributed by atoms with Gasteiger partial charge < -0.3 is 5.32 Å². The number of benzene rings is 1. The highest BCUT2D eigenvalue weighted by molar-refractivity contribution is 7.11. The first-order chi connectivity index (χ1) is 9.63. The molecule has 1 aliphatic rings. The first-order valence-electron chi connectivity index (χ1n) is 6.91. The molecule has 0 saturated carbocycles. The summed E-state index contributed by atoms with van der Waals surface area (Å²) < 4.78 is 0. The van der Waals surface area contributed by atoms with Crippen molar-refractivity contribution in [3.63, 3.8) is 0 Å². The number of thiazole rings is 1. The van der Waals surface area contributed by atoms with Crippen LogP contribution in [-0.4, -0.2) is 17.3 Å². The summed E-state index contributed by atoms with van der Waals surface area (Å²) in [5.41, 5.74) is 3.49. The molecule has 0 bridgehead atoms. The number of ketones is 1. The molecule has 1 aromatic heterocycles. The lowest BCUT2D eigenvalue weighted by atomic mass is 9.95. The second-order valence-corrected chi connectivity index (χ2v) is 6.62. The van der Waals surface area contributed by atoms with Gasteiger partial charge in [-0.15, -0.1) is 11.3 Å². The minimum absolute atomic E-state index is 0.280. The molecule has 104 valence electrons. The van der Waals surface area contributed by atoms with Crippen LogP contribution in [0.5, 0.6) is 0 Å². The Hall–Kier alpha value is -1.68. The molecule has 2 heterocycles. The molecule has 2 aromatic rings. The number of aromatic nitrogens is 1. The first-order valence-corrected chi connectivity index (χ1v) is 7.72. The predicted octanol–water partition coefficient (Wildman–Crippen LogP) is 3.47. The van der Waals surface area contributed by atoms with Crippen LogP contribution in [0.25, 0.3) is 0 Å². The monoisotopic (exact) mass is 286 g/mol. The average molecular weight is 286 g/mol. The molecule has 20 heavy (non-hydrogen) atoms. The van der Waals surface area contributed by atoms with Crippen molar-refractivity contribution in [3.8, 4) is 0 Å². The molecule has 1 aliphatic heterocycles. The number of hydrogen-bond donors (Lipinski definition) is 1. The maximum Gasteiger partial charge on any atom is 0.140 e. The second-order valence-electron chi connectivity index (χ2n) is 5.33. The van der Waals surface area contributed by atoms with Crippen LogP contribution in [0.3, 0.4) is 0 Å². The lowest BCUT2D eigenvalue weighted by molar-refractivity contribution is -0.118. The molecule has 4 heteroatoms. The number of fused-ring (bicyclic) bond motifs is 1. The summed E-state index contributed by atoms with van der Waals surface area (Å²) in [5, 5.41) is 4.32. The number of aryl methyl sites for hydroxylation is 2. The summed E-state index contributed by atoms with van der Waals surface area (Å²) >= 11 is 1.64. The molecule has 1 atom stereocenters. The summed E-state index contributed by atoms with van der Waals surface area (Å²) in [7, 11) is 0. The third-order valence-electron chi connectivity index (χ3n) is 3.83. The van der Waals surface area contributed by atoms with Crippen LogP contribution in [0.4, 0.5) is 5.69 Å². The zero-order valence-corrected chi connectivity index (χ0v) is 12.6. The van der Waals surface area contributed by atoms with Crippen LogP contribution >= 0.6 is 11.3 Å². The van der Waals surface area contributed by atoms with E-state index in [0.29, 0.717) is 18.8 Å². The van der Waals surface area contributed by atoms with E-state index in [-0.39, 0.29) is 5.78 Å². The molecule has 0 amide bonds. The average Bonchev–Trinajstić information content (AvgIpc) is 2.95. The summed E-state index contributed by atoms with van der Waals surface area (Å²) in [5.74, 6) is 0.586. The SMILES string of the molecule is Cc1nc(CC(=O)CC2CNc3ccccc32)sc1C. The van der Waals surface area contributed by atoms with Gasteiger partial charge in [-0.05, 0) is 25.5 Å². The molecule has 3 rings (SSSR count). The van der Waals surface area contributed by atoms with Crippen LogP contribution in [0.1, 0.15) is 33.5 Å². The number of hydrogen-bond acceptors (Lipinski definition) is 4. The van der Waals surface area contributed by atoms with Crippen LogP contribution in [-0.2, 0) is 11.2 Å². The van der Waals surface area contributed by atoms with Crippen molar-refractivity contribution in [1.29, 1.82) is 0 Å². The molecule has 0 radical (unpaired) electrons. The van der Waals surface area contributed by atoms with E-state index in [9.17, 15) is 4.79 Å². The van der Waals surface area contributed by atoms with Gasteiger partial charge in [0.2, 0.25) is 0 Å². The van der Waals surface area contributed by atoms with E-state index >= 15 is 0 Å². The van der Waals surface area contributed by atoms with Crippen LogP contribution in [0.2, 0.25) is 0 Å². The molecule has 1 aromatic carbocycles. The highest BCUT2D eigenvalue weighted by Gasteiger charge is 2.24. The van der Waals surface area contributed by atoms with Crippen molar-refractivity contribution in [3.05, 3.63) is 45.4 Å². The number of para-hydroxylation sites is 1. The Labute approximate surface area is 123 Å². The highest BCUT2D eigenvalue weighted by Crippen LogP contribution is 2.33. The maximum atomic E-state index is 12.2. The van der Waals surface area contributed by atoms with Gasteiger partial charge in [0.05, 0.1) is 12.1 Å². The fourth-order valence-corrected chi connectivity index (χ4v) is 3.63. The number of nitrogens with zero attached hydrogens (tertiary/aromatic N) is 1. The Kier molecular flexibility index (Phi) is 3.57. The minimum Gasteiger partial charge on any atom is -0.384 e. The number of rotatable bonds is 4. The van der Waals surface area contributed by atoms with Gasteiger partial charge >= 0.3 is 0 Å². The van der Waals surface area contributed by atoms with E-state index in [2.05, 4.69) is 29.4 Å². The number of anilines is 1. The maximum absolute atomic E-state index is 12.2. The van der Waals surface area contributed by atoms with Crippen molar-refractivity contribution in [2.24, 2.45) is 0 Å². The van der Waals surface area contributed by atoms with Crippen LogP contribution < -0.4 is 5.32 Å². The smallest absolute Gasteiger partial charge is 0.140 e. The van der Waals surface area contributed by atoms with Gasteiger partial charge in [-0.25, -0.2) is 4.98 Å². The molecule has 0 spiro atoms. The molecule has 1 unspecified atom stereocenters. The molecule has 3 nitrogen and oxygen atoms in total. The van der Waals surface area contributed by atoms with Gasteiger partial charge in [-0.3, -0.25) is 4.79 Å². The van der Waals surface area contributed by atoms with Crippen LogP contribution in [0, 0.1) is 13.8 Å². The van der Waals surface area contributed by atoms with Gasteiger partial charge in [0.15, 0.2) is 0 Å². The minimum atomic E-state index is 0.280. The molecular weight excluding hydrogens is 268 g/mol. The van der Waals surface area contributed by atoms with Crippen molar-refractivity contribution in [1.82, 2.24) is 4.98 Å². The number of Topliss-reactive ketones (excluding diaryl/α,β-unsaturated/α-hetero) is 1. The lowest BCUT2D eigenvalue weighted by Gasteiger charge is -2.08. The van der Waals surface area contributed by atoms with Gasteiger partial charge in [0.25, 0.3) is 0 Å². The third kappa shape index (κ3) is 2.61. The Bertz CT molecular complexity index is 628. The summed E-state index contributed by atoms with van der Waals surface area (Å²) in [6.45, 7) is 4.91. The Morgan fingerprint density at radius 1 is 1.40 bits per heavy atom. The first kappa shape index (κ1) is 13.3. The Morgan fingerprint density at radius 3 is 2.95 bits per heavy atom. The van der Waals surface area contributed by atoms with E-state index in [4.69, 9.17) is 0 Å². The number of carbonyl (C=O) groups is 1. The van der Waals surface area contributed by atoms with Crippen molar-refractivity contribution in [2.45, 2.75) is 32.6 Å². The summed E-state index contributed by atoms with van der Waals surface area (Å²) in [6, 6.07) is 8.26. The lowest BCUT2D eigenvalue weighted by Crippen LogP contribution is -2.11. The standard InChI is InChI=1S/C16H18N2OS/c1-10-11(2)20-16(18-10)8-13(19)7-12-9-17-15-6-4-3-5-14(12)15/h3-6,12,17H,7-9H2,1-2H3. The van der Waals surface area contributed by atoms with Crippen molar-refractivity contribution in [2.75, 3.05) is 11.9 Å². The predicted molar refractivity (Wildman–Crippen MR) is 82.6 cm³/mol. The summed E-state index contributed by atoms with van der Waals surface area (Å²) in [4.78, 5) is 17.9. The fourth-order valence-electron chi connectivity index (χ4n) is 2.67. The molecule has 0 fully saturated rings. The molecule has 1 N–H and O–H groups in total. The van der Waals surface area contributed by atoms with Gasteiger partial charge in [-0.2, -0.15) is 0 Å². The van der Waals surface area contributed by atoms with E-state index < -0.39 is 0 Å². The summed E-state index contributed by atoms with van der Waals surface area (Å²) in [6.07, 6.45) is 1.07. The topological polar surface area (TPSA) is 42.0 Å². The number of carbonyl (C=O) groups excluding carboxylic acids is 1. The quantitative estimate of drug-likeness (QED) is 0.935.